The van der Waals surface area contributed by atoms with Gasteiger partial charge in [-0.25, -0.2) is 0 Å². The summed E-state index contributed by atoms with van der Waals surface area (Å²) in [7, 11) is 0. The monoisotopic (exact) mass is 295 g/mol. The normalized spacial score (nSPS) is 9.76. The molecular weight excluding hydrogens is 282 g/mol. The van der Waals surface area contributed by atoms with Crippen molar-refractivity contribution in [3.05, 3.63) is 39.4 Å². The zero-order valence-corrected chi connectivity index (χ0v) is 11.1. The van der Waals surface area contributed by atoms with Crippen LogP contribution in [0.3, 0.4) is 0 Å². The number of benzene rings is 1. The van der Waals surface area contributed by atoms with E-state index < -0.39 is 35.8 Å². The fraction of sp³-hybridized carbons (Fsp3) is 0.250. The fourth-order valence-electron chi connectivity index (χ4n) is 1.45. The molecule has 0 aliphatic carbocycles. The molecule has 0 aliphatic rings. The van der Waals surface area contributed by atoms with Crippen LogP contribution in [0.15, 0.2) is 18.2 Å². The number of carboxylic acids is 1. The van der Waals surface area contributed by atoms with E-state index in [0.29, 0.717) is 5.56 Å². The minimum absolute atomic E-state index is 0.0401. The predicted molar refractivity (Wildman–Crippen MR) is 70.8 cm³/mol. The molecule has 1 aromatic carbocycles. The summed E-state index contributed by atoms with van der Waals surface area (Å²) in [6.07, 6.45) is 0. The van der Waals surface area contributed by atoms with E-state index in [-0.39, 0.29) is 11.3 Å². The maximum Gasteiger partial charge on any atom is 0.322 e. The molecule has 0 saturated heterocycles. The maximum absolute atomic E-state index is 11.7. The number of hydrogen-bond acceptors (Lipinski definition) is 5. The maximum atomic E-state index is 11.7. The molecule has 0 saturated carbocycles. The van der Waals surface area contributed by atoms with Gasteiger partial charge >= 0.3 is 5.97 Å². The largest absolute Gasteiger partial charge is 0.480 e. The molecule has 0 heterocycles. The molecule has 9 heteroatoms. The Kier molecular flexibility index (Phi) is 5.35. The average molecular weight is 295 g/mol. The molecule has 0 aliphatic heterocycles. The molecule has 0 unspecified atom stereocenters. The van der Waals surface area contributed by atoms with Crippen LogP contribution in [0.25, 0.3) is 0 Å². The molecule has 1 aromatic rings. The predicted octanol–water partition coefficient (Wildman–Crippen LogP) is -0.166. The Hall–Kier alpha value is -2.97. The highest BCUT2D eigenvalue weighted by Gasteiger charge is 2.15. The van der Waals surface area contributed by atoms with E-state index in [4.69, 9.17) is 5.11 Å². The first-order valence-electron chi connectivity index (χ1n) is 5.83. The molecular formula is C12H13N3O6. The summed E-state index contributed by atoms with van der Waals surface area (Å²) in [5.74, 6) is -2.54. The number of carbonyl (C=O) groups excluding carboxylic acids is 2. The number of nitro benzene ring substituents is 1. The van der Waals surface area contributed by atoms with Gasteiger partial charge in [-0.1, -0.05) is 6.07 Å². The summed E-state index contributed by atoms with van der Waals surface area (Å²) in [6, 6.07) is 3.93. The third-order valence-electron chi connectivity index (χ3n) is 2.51. The van der Waals surface area contributed by atoms with Gasteiger partial charge in [0, 0.05) is 17.2 Å². The molecule has 0 bridgehead atoms. The molecule has 0 radical (unpaired) electrons. The number of aryl methyl sites for hydroxylation is 1. The Morgan fingerprint density at radius 2 is 1.90 bits per heavy atom. The van der Waals surface area contributed by atoms with E-state index in [1.165, 1.54) is 12.1 Å². The summed E-state index contributed by atoms with van der Waals surface area (Å²) in [4.78, 5) is 43.3. The van der Waals surface area contributed by atoms with Gasteiger partial charge in [0.1, 0.15) is 6.54 Å². The average Bonchev–Trinajstić information content (AvgIpc) is 2.42. The standard InChI is InChI=1S/C12H13N3O6/c1-7-2-3-8(4-9(7)15(20)21)12(19)14-5-10(16)13-6-11(17)18/h2-4H,5-6H2,1H3,(H,13,16)(H,14,19)(H,17,18). The molecule has 3 N–H and O–H groups in total. The van der Waals surface area contributed by atoms with Gasteiger partial charge in [-0.2, -0.15) is 0 Å². The SMILES string of the molecule is Cc1ccc(C(=O)NCC(=O)NCC(=O)O)cc1[N+](=O)[O-]. The number of amides is 2. The van der Waals surface area contributed by atoms with Crippen LogP contribution in [0.5, 0.6) is 0 Å². The van der Waals surface area contributed by atoms with Crippen molar-refractivity contribution in [2.24, 2.45) is 0 Å². The van der Waals surface area contributed by atoms with Crippen molar-refractivity contribution >= 4 is 23.5 Å². The van der Waals surface area contributed by atoms with Crippen molar-refractivity contribution in [3.8, 4) is 0 Å². The second kappa shape index (κ2) is 6.98. The van der Waals surface area contributed by atoms with E-state index in [2.05, 4.69) is 10.6 Å². The van der Waals surface area contributed by atoms with Gasteiger partial charge < -0.3 is 15.7 Å². The van der Waals surface area contributed by atoms with Crippen LogP contribution < -0.4 is 10.6 Å². The summed E-state index contributed by atoms with van der Waals surface area (Å²) in [6.45, 7) is 0.567. The lowest BCUT2D eigenvalue weighted by molar-refractivity contribution is -0.385. The molecule has 0 spiro atoms. The van der Waals surface area contributed by atoms with Crippen molar-refractivity contribution in [2.75, 3.05) is 13.1 Å². The van der Waals surface area contributed by atoms with Crippen LogP contribution >= 0.6 is 0 Å². The van der Waals surface area contributed by atoms with E-state index in [1.807, 2.05) is 0 Å². The quantitative estimate of drug-likeness (QED) is 0.492. The first kappa shape index (κ1) is 16.1. The summed E-state index contributed by atoms with van der Waals surface area (Å²) in [5.41, 5.74) is 0.257. The highest BCUT2D eigenvalue weighted by Crippen LogP contribution is 2.18. The number of carbonyl (C=O) groups is 3. The fourth-order valence-corrected chi connectivity index (χ4v) is 1.45. The molecule has 112 valence electrons. The summed E-state index contributed by atoms with van der Waals surface area (Å²) < 4.78 is 0. The van der Waals surface area contributed by atoms with Crippen molar-refractivity contribution in [2.45, 2.75) is 6.92 Å². The Bertz CT molecular complexity index is 599. The van der Waals surface area contributed by atoms with Gasteiger partial charge in [-0.15, -0.1) is 0 Å². The molecule has 2 amide bonds. The van der Waals surface area contributed by atoms with E-state index in [9.17, 15) is 24.5 Å². The summed E-state index contributed by atoms with van der Waals surface area (Å²) in [5, 5.41) is 23.4. The second-order valence-corrected chi connectivity index (χ2v) is 4.11. The zero-order valence-electron chi connectivity index (χ0n) is 11.1. The van der Waals surface area contributed by atoms with Crippen LogP contribution in [0.1, 0.15) is 15.9 Å². The molecule has 21 heavy (non-hydrogen) atoms. The van der Waals surface area contributed by atoms with Crippen LogP contribution in [0, 0.1) is 17.0 Å². The van der Waals surface area contributed by atoms with Crippen LogP contribution in [-0.2, 0) is 9.59 Å². The van der Waals surface area contributed by atoms with Crippen LogP contribution in [-0.4, -0.2) is 40.9 Å². The Balaban J connectivity index is 2.64. The molecule has 0 aromatic heterocycles. The lowest BCUT2D eigenvalue weighted by Crippen LogP contribution is -2.39. The van der Waals surface area contributed by atoms with Crippen molar-refractivity contribution < 1.29 is 24.4 Å². The highest BCUT2D eigenvalue weighted by atomic mass is 16.6. The topological polar surface area (TPSA) is 139 Å². The lowest BCUT2D eigenvalue weighted by atomic mass is 10.1. The summed E-state index contributed by atoms with van der Waals surface area (Å²) >= 11 is 0. The van der Waals surface area contributed by atoms with E-state index >= 15 is 0 Å². The number of nitrogens with one attached hydrogen (secondary N) is 2. The first-order chi connectivity index (χ1) is 9.81. The van der Waals surface area contributed by atoms with E-state index in [1.54, 1.807) is 6.92 Å². The van der Waals surface area contributed by atoms with Gasteiger partial charge in [0.2, 0.25) is 5.91 Å². The number of nitrogens with zero attached hydrogens (tertiary/aromatic N) is 1. The number of rotatable bonds is 6. The third-order valence-corrected chi connectivity index (χ3v) is 2.51. The van der Waals surface area contributed by atoms with Gasteiger partial charge in [-0.05, 0) is 13.0 Å². The number of nitro groups is 1. The molecule has 1 rings (SSSR count). The smallest absolute Gasteiger partial charge is 0.322 e. The molecule has 0 fully saturated rings. The van der Waals surface area contributed by atoms with Crippen molar-refractivity contribution in [3.63, 3.8) is 0 Å². The van der Waals surface area contributed by atoms with Gasteiger partial charge in [-0.3, -0.25) is 24.5 Å². The van der Waals surface area contributed by atoms with Crippen LogP contribution in [0.2, 0.25) is 0 Å². The highest BCUT2D eigenvalue weighted by molar-refractivity contribution is 5.97. The van der Waals surface area contributed by atoms with Crippen molar-refractivity contribution in [1.82, 2.24) is 10.6 Å². The van der Waals surface area contributed by atoms with Crippen molar-refractivity contribution in [1.29, 1.82) is 0 Å². The second-order valence-electron chi connectivity index (χ2n) is 4.11. The lowest BCUT2D eigenvalue weighted by Gasteiger charge is -2.06. The minimum Gasteiger partial charge on any atom is -0.480 e. The van der Waals surface area contributed by atoms with Crippen LogP contribution in [0.4, 0.5) is 5.69 Å². The number of hydrogen-bond donors (Lipinski definition) is 3. The Morgan fingerprint density at radius 3 is 2.48 bits per heavy atom. The van der Waals surface area contributed by atoms with Gasteiger partial charge in [0.25, 0.3) is 11.6 Å². The minimum atomic E-state index is -1.20. The van der Waals surface area contributed by atoms with E-state index in [0.717, 1.165) is 6.07 Å². The molecule has 9 nitrogen and oxygen atoms in total. The first-order valence-corrected chi connectivity index (χ1v) is 5.83. The number of aliphatic carboxylic acids is 1. The Labute approximate surface area is 119 Å². The Morgan fingerprint density at radius 1 is 1.24 bits per heavy atom. The third kappa shape index (κ3) is 4.90. The number of carboxylic acid groups (broad SMARTS) is 1. The molecule has 0 atom stereocenters. The van der Waals surface area contributed by atoms with Gasteiger partial charge in [0.15, 0.2) is 0 Å². The zero-order chi connectivity index (χ0) is 16.0. The van der Waals surface area contributed by atoms with Gasteiger partial charge in [0.05, 0.1) is 11.5 Å².